The quantitative estimate of drug-likeness (QED) is 0.868. The zero-order chi connectivity index (χ0) is 14.6. The summed E-state index contributed by atoms with van der Waals surface area (Å²) < 4.78 is 26.0. The van der Waals surface area contributed by atoms with Crippen molar-refractivity contribution >= 4 is 16.0 Å². The van der Waals surface area contributed by atoms with Gasteiger partial charge in [-0.25, -0.2) is 17.5 Å². The van der Waals surface area contributed by atoms with Crippen LogP contribution in [0.4, 0.5) is 0 Å². The summed E-state index contributed by atoms with van der Waals surface area (Å²) in [5.41, 5.74) is 0.529. The van der Waals surface area contributed by atoms with Crippen molar-refractivity contribution in [2.75, 3.05) is 13.6 Å². The number of benzene rings is 1. The first-order valence-corrected chi connectivity index (χ1v) is 7.55. The van der Waals surface area contributed by atoms with Gasteiger partial charge in [0.1, 0.15) is 0 Å². The number of rotatable bonds is 6. The van der Waals surface area contributed by atoms with E-state index >= 15 is 0 Å². The van der Waals surface area contributed by atoms with E-state index < -0.39 is 16.0 Å². The molecule has 0 aliphatic heterocycles. The molecule has 5 nitrogen and oxygen atoms in total. The SMILES string of the molecule is CCCCN(C)S(=O)(=O)c1cc(C(=O)O)ccc1C. The molecule has 0 amide bonds. The molecule has 0 spiro atoms. The van der Waals surface area contributed by atoms with E-state index in [1.54, 1.807) is 6.92 Å². The lowest BCUT2D eigenvalue weighted by molar-refractivity contribution is 0.0696. The van der Waals surface area contributed by atoms with Crippen molar-refractivity contribution in [1.82, 2.24) is 4.31 Å². The molecular formula is C13H19NO4S. The maximum Gasteiger partial charge on any atom is 0.335 e. The summed E-state index contributed by atoms with van der Waals surface area (Å²) in [6.07, 6.45) is 1.67. The van der Waals surface area contributed by atoms with Crippen LogP contribution in [0.1, 0.15) is 35.7 Å². The number of aryl methyl sites for hydroxylation is 1. The molecule has 1 rings (SSSR count). The highest BCUT2D eigenvalue weighted by molar-refractivity contribution is 7.89. The Morgan fingerprint density at radius 2 is 2.00 bits per heavy atom. The molecule has 0 fully saturated rings. The third kappa shape index (κ3) is 3.54. The van der Waals surface area contributed by atoms with Gasteiger partial charge in [0.2, 0.25) is 10.0 Å². The molecule has 1 N–H and O–H groups in total. The minimum atomic E-state index is -3.63. The Labute approximate surface area is 113 Å². The lowest BCUT2D eigenvalue weighted by atomic mass is 10.1. The zero-order valence-corrected chi connectivity index (χ0v) is 12.2. The van der Waals surface area contributed by atoms with Crippen LogP contribution in [0, 0.1) is 6.92 Å². The number of hydrogen-bond donors (Lipinski definition) is 1. The summed E-state index contributed by atoms with van der Waals surface area (Å²) in [7, 11) is -2.12. The molecule has 0 aromatic heterocycles. The highest BCUT2D eigenvalue weighted by Crippen LogP contribution is 2.21. The Morgan fingerprint density at radius 3 is 2.53 bits per heavy atom. The molecule has 0 unspecified atom stereocenters. The van der Waals surface area contributed by atoms with Crippen LogP contribution < -0.4 is 0 Å². The van der Waals surface area contributed by atoms with Crippen molar-refractivity contribution in [3.63, 3.8) is 0 Å². The molecule has 0 atom stereocenters. The van der Waals surface area contributed by atoms with Gasteiger partial charge in [0, 0.05) is 13.6 Å². The first-order valence-electron chi connectivity index (χ1n) is 6.11. The summed E-state index contributed by atoms with van der Waals surface area (Å²) in [5.74, 6) is -1.13. The van der Waals surface area contributed by atoms with Gasteiger partial charge in [-0.1, -0.05) is 19.4 Å². The third-order valence-corrected chi connectivity index (χ3v) is 4.95. The Kier molecular flexibility index (Phi) is 5.08. The fourth-order valence-corrected chi connectivity index (χ4v) is 3.14. The molecule has 19 heavy (non-hydrogen) atoms. The van der Waals surface area contributed by atoms with Crippen LogP contribution in [0.15, 0.2) is 23.1 Å². The Morgan fingerprint density at radius 1 is 1.37 bits per heavy atom. The number of carboxylic acid groups (broad SMARTS) is 1. The molecule has 1 aromatic carbocycles. The van der Waals surface area contributed by atoms with E-state index in [1.165, 1.54) is 29.6 Å². The Balaban J connectivity index is 3.20. The summed E-state index contributed by atoms with van der Waals surface area (Å²) in [4.78, 5) is 11.0. The third-order valence-electron chi connectivity index (χ3n) is 2.95. The topological polar surface area (TPSA) is 74.7 Å². The van der Waals surface area contributed by atoms with Gasteiger partial charge < -0.3 is 5.11 Å². The largest absolute Gasteiger partial charge is 0.478 e. The average Bonchev–Trinajstić information content (AvgIpc) is 2.35. The Bertz CT molecular complexity index is 566. The van der Waals surface area contributed by atoms with Crippen molar-refractivity contribution in [2.24, 2.45) is 0 Å². The van der Waals surface area contributed by atoms with Crippen molar-refractivity contribution in [3.05, 3.63) is 29.3 Å². The molecule has 1 aromatic rings. The monoisotopic (exact) mass is 285 g/mol. The fourth-order valence-electron chi connectivity index (χ4n) is 1.68. The summed E-state index contributed by atoms with van der Waals surface area (Å²) in [5, 5.41) is 8.94. The van der Waals surface area contributed by atoms with Crippen molar-refractivity contribution in [1.29, 1.82) is 0 Å². The number of carbonyl (C=O) groups is 1. The molecule has 106 valence electrons. The van der Waals surface area contributed by atoms with Gasteiger partial charge in [-0.2, -0.15) is 0 Å². The molecule has 6 heteroatoms. The number of sulfonamides is 1. The van der Waals surface area contributed by atoms with E-state index in [-0.39, 0.29) is 10.5 Å². The molecule has 0 bridgehead atoms. The summed E-state index contributed by atoms with van der Waals surface area (Å²) in [6, 6.07) is 4.14. The highest BCUT2D eigenvalue weighted by Gasteiger charge is 2.23. The van der Waals surface area contributed by atoms with Crippen molar-refractivity contribution in [3.8, 4) is 0 Å². The molecule has 0 saturated carbocycles. The van der Waals surface area contributed by atoms with Gasteiger partial charge in [-0.3, -0.25) is 0 Å². The van der Waals surface area contributed by atoms with Crippen LogP contribution in [-0.4, -0.2) is 37.4 Å². The maximum atomic E-state index is 12.4. The fraction of sp³-hybridized carbons (Fsp3) is 0.462. The van der Waals surface area contributed by atoms with Crippen molar-refractivity contribution < 1.29 is 18.3 Å². The van der Waals surface area contributed by atoms with E-state index in [2.05, 4.69) is 0 Å². The lowest BCUT2D eigenvalue weighted by Crippen LogP contribution is -2.28. The normalized spacial score (nSPS) is 11.8. The zero-order valence-electron chi connectivity index (χ0n) is 11.4. The van der Waals surface area contributed by atoms with Crippen LogP contribution in [0.25, 0.3) is 0 Å². The van der Waals surface area contributed by atoms with Gasteiger partial charge >= 0.3 is 5.97 Å². The number of hydrogen-bond acceptors (Lipinski definition) is 3. The summed E-state index contributed by atoms with van der Waals surface area (Å²) in [6.45, 7) is 4.07. The second-order valence-electron chi connectivity index (χ2n) is 4.47. The van der Waals surface area contributed by atoms with Gasteiger partial charge in [0.05, 0.1) is 10.5 Å². The molecular weight excluding hydrogens is 266 g/mol. The van der Waals surface area contributed by atoms with Crippen LogP contribution in [0.5, 0.6) is 0 Å². The van der Waals surface area contributed by atoms with Crippen molar-refractivity contribution in [2.45, 2.75) is 31.6 Å². The van der Waals surface area contributed by atoms with Crippen LogP contribution >= 0.6 is 0 Å². The highest BCUT2D eigenvalue weighted by atomic mass is 32.2. The van der Waals surface area contributed by atoms with E-state index in [9.17, 15) is 13.2 Å². The second kappa shape index (κ2) is 6.16. The minimum Gasteiger partial charge on any atom is -0.478 e. The smallest absolute Gasteiger partial charge is 0.335 e. The molecule has 0 saturated heterocycles. The maximum absolute atomic E-state index is 12.4. The molecule has 0 aliphatic carbocycles. The Hall–Kier alpha value is -1.40. The van der Waals surface area contributed by atoms with Crippen LogP contribution in [-0.2, 0) is 10.0 Å². The molecule has 0 radical (unpaired) electrons. The summed E-state index contributed by atoms with van der Waals surface area (Å²) >= 11 is 0. The van der Waals surface area contributed by atoms with E-state index in [0.29, 0.717) is 12.1 Å². The second-order valence-corrected chi connectivity index (χ2v) is 6.48. The standard InChI is InChI=1S/C13H19NO4S/c1-4-5-8-14(3)19(17,18)12-9-11(13(15)16)7-6-10(12)2/h6-7,9H,4-5,8H2,1-3H3,(H,15,16). The number of unbranched alkanes of at least 4 members (excludes halogenated alkanes) is 1. The first-order chi connectivity index (χ1) is 8.80. The van der Waals surface area contributed by atoms with Gasteiger partial charge in [0.25, 0.3) is 0 Å². The molecule has 0 aliphatic rings. The lowest BCUT2D eigenvalue weighted by Gasteiger charge is -2.18. The number of aromatic carboxylic acids is 1. The first kappa shape index (κ1) is 15.7. The van der Waals surface area contributed by atoms with Gasteiger partial charge in [-0.15, -0.1) is 0 Å². The van der Waals surface area contributed by atoms with Gasteiger partial charge in [-0.05, 0) is 31.0 Å². The van der Waals surface area contributed by atoms with E-state index in [0.717, 1.165) is 12.8 Å². The predicted octanol–water partition coefficient (Wildman–Crippen LogP) is 2.11. The minimum absolute atomic E-state index is 0.0203. The van der Waals surface area contributed by atoms with Gasteiger partial charge in [0.15, 0.2) is 0 Å². The predicted molar refractivity (Wildman–Crippen MR) is 72.9 cm³/mol. The van der Waals surface area contributed by atoms with Crippen LogP contribution in [0.2, 0.25) is 0 Å². The van der Waals surface area contributed by atoms with Crippen LogP contribution in [0.3, 0.4) is 0 Å². The number of nitrogens with zero attached hydrogens (tertiary/aromatic N) is 1. The average molecular weight is 285 g/mol. The van der Waals surface area contributed by atoms with E-state index in [1.807, 2.05) is 6.92 Å². The molecule has 0 heterocycles. The van der Waals surface area contributed by atoms with E-state index in [4.69, 9.17) is 5.11 Å². The number of carboxylic acids is 1.